The van der Waals surface area contributed by atoms with Gasteiger partial charge in [-0.25, -0.2) is 4.39 Å². The molecule has 0 amide bonds. The zero-order valence-corrected chi connectivity index (χ0v) is 19.0. The van der Waals surface area contributed by atoms with E-state index in [2.05, 4.69) is 11.7 Å². The van der Waals surface area contributed by atoms with Gasteiger partial charge < -0.3 is 9.47 Å². The molecule has 3 aromatic rings. The number of benzene rings is 3. The number of hydrogen-bond acceptors (Lipinski definition) is 2. The van der Waals surface area contributed by atoms with Gasteiger partial charge in [-0.05, 0) is 60.4 Å². The Morgan fingerprint density at radius 3 is 1.97 bits per heavy atom. The fourth-order valence-electron chi connectivity index (χ4n) is 3.27. The molecule has 0 aromatic heterocycles. The Labute approximate surface area is 193 Å². The van der Waals surface area contributed by atoms with Crippen molar-refractivity contribution in [1.29, 1.82) is 0 Å². The third kappa shape index (κ3) is 7.41. The van der Waals surface area contributed by atoms with Gasteiger partial charge in [0.15, 0.2) is 0 Å². The molecule has 0 saturated carbocycles. The summed E-state index contributed by atoms with van der Waals surface area (Å²) in [6, 6.07) is 20.4. The first kappa shape index (κ1) is 24.4. The van der Waals surface area contributed by atoms with Crippen molar-refractivity contribution in [2.24, 2.45) is 0 Å². The molecule has 0 heterocycles. The summed E-state index contributed by atoms with van der Waals surface area (Å²) >= 11 is 0. The Morgan fingerprint density at radius 2 is 1.36 bits per heavy atom. The molecule has 0 N–H and O–H groups in total. The highest BCUT2D eigenvalue weighted by Gasteiger charge is 2.38. The molecule has 2 nitrogen and oxygen atoms in total. The van der Waals surface area contributed by atoms with Crippen LogP contribution < -0.4 is 9.47 Å². The lowest BCUT2D eigenvalue weighted by Crippen LogP contribution is -2.25. The van der Waals surface area contributed by atoms with Crippen LogP contribution in [0.2, 0.25) is 0 Å². The molecule has 0 fully saturated rings. The van der Waals surface area contributed by atoms with E-state index in [1.165, 1.54) is 31.4 Å². The molecule has 0 unspecified atom stereocenters. The minimum absolute atomic E-state index is 0.0992. The summed E-state index contributed by atoms with van der Waals surface area (Å²) in [5.74, 6) is -0.943. The first-order valence-corrected chi connectivity index (χ1v) is 11.2. The van der Waals surface area contributed by atoms with Gasteiger partial charge in [-0.3, -0.25) is 0 Å². The summed E-state index contributed by atoms with van der Waals surface area (Å²) in [5, 5.41) is 0. The van der Waals surface area contributed by atoms with Crippen molar-refractivity contribution in [2.45, 2.75) is 45.6 Å². The number of rotatable bonds is 11. The molecule has 0 aliphatic heterocycles. The predicted molar refractivity (Wildman–Crippen MR) is 127 cm³/mol. The van der Waals surface area contributed by atoms with E-state index in [0.29, 0.717) is 12.2 Å². The third-order valence-electron chi connectivity index (χ3n) is 5.20. The molecule has 174 valence electrons. The number of ether oxygens (including phenoxy) is 2. The van der Waals surface area contributed by atoms with E-state index in [9.17, 15) is 13.2 Å². The van der Waals surface area contributed by atoms with Gasteiger partial charge in [0.2, 0.25) is 5.83 Å². The van der Waals surface area contributed by atoms with Gasteiger partial charge in [0, 0.05) is 0 Å². The largest absolute Gasteiger partial charge is 0.494 e. The molecule has 0 bridgehead atoms. The Hall–Kier alpha value is -3.21. The first-order chi connectivity index (χ1) is 15.9. The predicted octanol–water partition coefficient (Wildman–Crippen LogP) is 8.60. The zero-order chi connectivity index (χ0) is 23.7. The monoisotopic (exact) mass is 454 g/mol. The maximum Gasteiger partial charge on any atom is 0.454 e. The maximum absolute atomic E-state index is 14.2. The van der Waals surface area contributed by atoms with E-state index in [1.807, 2.05) is 31.2 Å². The van der Waals surface area contributed by atoms with Crippen molar-refractivity contribution in [3.63, 3.8) is 0 Å². The Bertz CT molecular complexity index is 1020. The summed E-state index contributed by atoms with van der Waals surface area (Å²) in [7, 11) is 0. The van der Waals surface area contributed by atoms with Gasteiger partial charge in [-0.2, -0.15) is 8.78 Å². The molecular weight excluding hydrogens is 425 g/mol. The average Bonchev–Trinajstić information content (AvgIpc) is 2.81. The van der Waals surface area contributed by atoms with Gasteiger partial charge >= 0.3 is 6.11 Å². The lowest BCUT2D eigenvalue weighted by atomic mass is 10.0. The van der Waals surface area contributed by atoms with Gasteiger partial charge in [0.1, 0.15) is 11.5 Å². The van der Waals surface area contributed by atoms with E-state index in [4.69, 9.17) is 4.74 Å². The van der Waals surface area contributed by atoms with E-state index in [0.717, 1.165) is 34.9 Å². The molecule has 0 spiro atoms. The van der Waals surface area contributed by atoms with Crippen molar-refractivity contribution in [1.82, 2.24) is 0 Å². The van der Waals surface area contributed by atoms with Crippen LogP contribution in [0.1, 0.15) is 43.7 Å². The smallest absolute Gasteiger partial charge is 0.454 e. The summed E-state index contributed by atoms with van der Waals surface area (Å²) < 4.78 is 52.8. The minimum atomic E-state index is -4.06. The lowest BCUT2D eigenvalue weighted by molar-refractivity contribution is -0.155. The lowest BCUT2D eigenvalue weighted by Gasteiger charge is -2.16. The van der Waals surface area contributed by atoms with Crippen molar-refractivity contribution in [3.05, 3.63) is 89.8 Å². The molecule has 5 heteroatoms. The SMILES string of the molecule is CCCCCCOc1ccc(-c2ccc(/C=C(\F)C(F)(F)Oc3ccc(C)cc3)cc2)cc1. The van der Waals surface area contributed by atoms with Crippen LogP contribution in [0.15, 0.2) is 78.6 Å². The molecule has 3 aromatic carbocycles. The molecule has 0 aliphatic rings. The third-order valence-corrected chi connectivity index (χ3v) is 5.20. The van der Waals surface area contributed by atoms with Crippen LogP contribution in [0, 0.1) is 6.92 Å². The molecule has 0 saturated heterocycles. The van der Waals surface area contributed by atoms with Crippen LogP contribution in [-0.4, -0.2) is 12.7 Å². The van der Waals surface area contributed by atoms with E-state index < -0.39 is 11.9 Å². The van der Waals surface area contributed by atoms with Crippen LogP contribution in [0.5, 0.6) is 11.5 Å². The molecule has 33 heavy (non-hydrogen) atoms. The van der Waals surface area contributed by atoms with Gasteiger partial charge in [0.25, 0.3) is 0 Å². The van der Waals surface area contributed by atoms with Gasteiger partial charge in [-0.1, -0.05) is 80.3 Å². The minimum Gasteiger partial charge on any atom is -0.494 e. The van der Waals surface area contributed by atoms with Crippen molar-refractivity contribution in [2.75, 3.05) is 6.61 Å². The Morgan fingerprint density at radius 1 is 0.788 bits per heavy atom. The first-order valence-electron chi connectivity index (χ1n) is 11.2. The van der Waals surface area contributed by atoms with Crippen molar-refractivity contribution < 1.29 is 22.6 Å². The number of hydrogen-bond donors (Lipinski definition) is 0. The second kappa shape index (κ2) is 11.6. The topological polar surface area (TPSA) is 18.5 Å². The summed E-state index contributed by atoms with van der Waals surface area (Å²) in [5.41, 5.74) is 3.06. The van der Waals surface area contributed by atoms with Crippen LogP contribution in [0.25, 0.3) is 17.2 Å². The quantitative estimate of drug-likeness (QED) is 0.270. The van der Waals surface area contributed by atoms with Crippen molar-refractivity contribution in [3.8, 4) is 22.6 Å². The average molecular weight is 455 g/mol. The van der Waals surface area contributed by atoms with Crippen LogP contribution in [0.4, 0.5) is 13.2 Å². The number of unbranched alkanes of at least 4 members (excludes halogenated alkanes) is 3. The van der Waals surface area contributed by atoms with Gasteiger partial charge in [-0.15, -0.1) is 0 Å². The Balaban J connectivity index is 1.60. The highest BCUT2D eigenvalue weighted by Crippen LogP contribution is 2.31. The summed E-state index contributed by atoms with van der Waals surface area (Å²) in [6.07, 6.45) is 1.35. The second-order valence-corrected chi connectivity index (χ2v) is 7.98. The molecular formula is C28H29F3O2. The standard InChI is InChI=1S/C28H29F3O2/c1-3-4-5-6-19-32-25-17-13-24(14-18-25)23-11-9-22(10-12-23)20-27(29)28(30,31)33-26-15-7-21(2)8-16-26/h7-18,20H,3-6,19H2,1-2H3/b27-20-. The number of aryl methyl sites for hydroxylation is 1. The van der Waals surface area contributed by atoms with Crippen LogP contribution in [-0.2, 0) is 0 Å². The normalized spacial score (nSPS) is 12.0. The highest BCUT2D eigenvalue weighted by molar-refractivity contribution is 5.66. The van der Waals surface area contributed by atoms with Gasteiger partial charge in [0.05, 0.1) is 6.61 Å². The number of alkyl halides is 2. The van der Waals surface area contributed by atoms with E-state index in [1.54, 1.807) is 36.4 Å². The fourth-order valence-corrected chi connectivity index (χ4v) is 3.27. The van der Waals surface area contributed by atoms with Crippen molar-refractivity contribution >= 4 is 6.08 Å². The molecule has 0 radical (unpaired) electrons. The van der Waals surface area contributed by atoms with E-state index >= 15 is 0 Å². The molecule has 0 aliphatic carbocycles. The van der Waals surface area contributed by atoms with Crippen LogP contribution in [0.3, 0.4) is 0 Å². The van der Waals surface area contributed by atoms with Crippen LogP contribution >= 0.6 is 0 Å². The highest BCUT2D eigenvalue weighted by atomic mass is 19.3. The van der Waals surface area contributed by atoms with E-state index in [-0.39, 0.29) is 5.75 Å². The summed E-state index contributed by atoms with van der Waals surface area (Å²) in [6.45, 7) is 4.70. The zero-order valence-electron chi connectivity index (χ0n) is 19.0. The second-order valence-electron chi connectivity index (χ2n) is 7.98. The molecule has 3 rings (SSSR count). The maximum atomic E-state index is 14.2. The summed E-state index contributed by atoms with van der Waals surface area (Å²) in [4.78, 5) is 0. The number of halogens is 3. The Kier molecular flexibility index (Phi) is 8.58. The molecule has 0 atom stereocenters. The fraction of sp³-hybridized carbons (Fsp3) is 0.286.